The molecule has 20 heavy (non-hydrogen) atoms. The summed E-state index contributed by atoms with van der Waals surface area (Å²) in [7, 11) is 0. The van der Waals surface area contributed by atoms with Gasteiger partial charge in [0.1, 0.15) is 0 Å². The smallest absolute Gasteiger partial charge is 0.0406 e. The van der Waals surface area contributed by atoms with Crippen molar-refractivity contribution in [1.82, 2.24) is 0 Å². The number of nitrogens with two attached hydrogens (primary N) is 1. The highest BCUT2D eigenvalue weighted by atomic mass is 35.5. The van der Waals surface area contributed by atoms with Crippen LogP contribution in [-0.2, 0) is 12.2 Å². The van der Waals surface area contributed by atoms with Crippen LogP contribution in [-0.4, -0.2) is 5.75 Å². The third kappa shape index (κ3) is 4.55. The second-order valence-electron chi connectivity index (χ2n) is 4.84. The van der Waals surface area contributed by atoms with Crippen molar-refractivity contribution in [3.63, 3.8) is 0 Å². The summed E-state index contributed by atoms with van der Waals surface area (Å²) >= 11 is 7.73. The van der Waals surface area contributed by atoms with Gasteiger partial charge in [0.15, 0.2) is 0 Å². The number of hydrogen-bond acceptors (Lipinski definition) is 2. The predicted molar refractivity (Wildman–Crippen MR) is 90.4 cm³/mol. The molecule has 0 saturated carbocycles. The van der Waals surface area contributed by atoms with E-state index in [0.717, 1.165) is 22.9 Å². The lowest BCUT2D eigenvalue weighted by Crippen LogP contribution is -2.13. The zero-order valence-corrected chi connectivity index (χ0v) is 13.3. The lowest BCUT2D eigenvalue weighted by atomic mass is 10.1. The fourth-order valence-electron chi connectivity index (χ4n) is 1.98. The van der Waals surface area contributed by atoms with E-state index >= 15 is 0 Å². The molecular weight excluding hydrogens is 286 g/mol. The Morgan fingerprint density at radius 2 is 1.60 bits per heavy atom. The van der Waals surface area contributed by atoms with E-state index in [2.05, 4.69) is 43.3 Å². The SMILES string of the molecule is CCc1ccc(C(N)CSCc2ccc(Cl)cc2)cc1. The van der Waals surface area contributed by atoms with Crippen LogP contribution in [0.1, 0.15) is 29.7 Å². The molecule has 2 N–H and O–H groups in total. The maximum Gasteiger partial charge on any atom is 0.0406 e. The van der Waals surface area contributed by atoms with E-state index in [1.54, 1.807) is 0 Å². The molecular formula is C17H20ClNS. The van der Waals surface area contributed by atoms with E-state index in [1.807, 2.05) is 23.9 Å². The van der Waals surface area contributed by atoms with E-state index in [-0.39, 0.29) is 6.04 Å². The summed E-state index contributed by atoms with van der Waals surface area (Å²) in [5.74, 6) is 1.89. The largest absolute Gasteiger partial charge is 0.323 e. The van der Waals surface area contributed by atoms with Crippen LogP contribution >= 0.6 is 23.4 Å². The van der Waals surface area contributed by atoms with E-state index in [0.29, 0.717) is 0 Å². The molecule has 0 aliphatic heterocycles. The predicted octanol–water partition coefficient (Wildman–Crippen LogP) is 4.84. The quantitative estimate of drug-likeness (QED) is 0.826. The van der Waals surface area contributed by atoms with E-state index in [9.17, 15) is 0 Å². The molecule has 0 spiro atoms. The number of halogens is 1. The third-order valence-electron chi connectivity index (χ3n) is 3.30. The molecule has 0 fully saturated rings. The monoisotopic (exact) mass is 305 g/mol. The fourth-order valence-corrected chi connectivity index (χ4v) is 3.10. The Balaban J connectivity index is 1.82. The van der Waals surface area contributed by atoms with E-state index in [4.69, 9.17) is 17.3 Å². The minimum Gasteiger partial charge on any atom is -0.323 e. The van der Waals surface area contributed by atoms with Gasteiger partial charge in [-0.05, 0) is 35.2 Å². The van der Waals surface area contributed by atoms with Gasteiger partial charge in [0.2, 0.25) is 0 Å². The molecule has 1 nitrogen and oxygen atoms in total. The Morgan fingerprint density at radius 1 is 1.00 bits per heavy atom. The Labute approximate surface area is 130 Å². The van der Waals surface area contributed by atoms with Crippen molar-refractivity contribution in [2.75, 3.05) is 5.75 Å². The lowest BCUT2D eigenvalue weighted by molar-refractivity contribution is 0.830. The number of rotatable bonds is 6. The average Bonchev–Trinajstić information content (AvgIpc) is 2.49. The molecule has 1 atom stereocenters. The van der Waals surface area contributed by atoms with E-state index < -0.39 is 0 Å². The summed E-state index contributed by atoms with van der Waals surface area (Å²) in [6, 6.07) is 16.7. The van der Waals surface area contributed by atoms with Crippen molar-refractivity contribution in [2.45, 2.75) is 25.1 Å². The maximum absolute atomic E-state index is 6.23. The van der Waals surface area contributed by atoms with Crippen molar-refractivity contribution >= 4 is 23.4 Å². The molecule has 2 rings (SSSR count). The van der Waals surface area contributed by atoms with Crippen LogP contribution in [0, 0.1) is 0 Å². The molecule has 0 aromatic heterocycles. The molecule has 0 amide bonds. The van der Waals surface area contributed by atoms with Crippen LogP contribution in [0.3, 0.4) is 0 Å². The normalized spacial score (nSPS) is 12.3. The van der Waals surface area contributed by atoms with Crippen molar-refractivity contribution in [2.24, 2.45) is 5.73 Å². The van der Waals surface area contributed by atoms with Crippen LogP contribution < -0.4 is 5.73 Å². The van der Waals surface area contributed by atoms with Crippen LogP contribution in [0.4, 0.5) is 0 Å². The molecule has 1 unspecified atom stereocenters. The fraction of sp³-hybridized carbons (Fsp3) is 0.294. The molecule has 0 aliphatic rings. The first-order valence-electron chi connectivity index (χ1n) is 6.85. The second kappa shape index (κ2) is 7.72. The van der Waals surface area contributed by atoms with Gasteiger partial charge in [-0.15, -0.1) is 0 Å². The Hall–Kier alpha value is -0.960. The summed E-state index contributed by atoms with van der Waals surface area (Å²) in [6.07, 6.45) is 1.07. The van der Waals surface area contributed by atoms with Crippen LogP contribution in [0.15, 0.2) is 48.5 Å². The van der Waals surface area contributed by atoms with Crippen molar-refractivity contribution in [1.29, 1.82) is 0 Å². The van der Waals surface area contributed by atoms with Gasteiger partial charge < -0.3 is 5.73 Å². The molecule has 2 aromatic rings. The average molecular weight is 306 g/mol. The summed E-state index contributed by atoms with van der Waals surface area (Å²) in [5, 5.41) is 0.784. The topological polar surface area (TPSA) is 26.0 Å². The molecule has 0 aliphatic carbocycles. The van der Waals surface area contributed by atoms with Gasteiger partial charge >= 0.3 is 0 Å². The van der Waals surface area contributed by atoms with Crippen molar-refractivity contribution in [3.8, 4) is 0 Å². The highest BCUT2D eigenvalue weighted by Gasteiger charge is 2.06. The Morgan fingerprint density at radius 3 is 2.20 bits per heavy atom. The first-order chi connectivity index (χ1) is 9.69. The zero-order valence-electron chi connectivity index (χ0n) is 11.7. The van der Waals surface area contributed by atoms with Crippen LogP contribution in [0.2, 0.25) is 5.02 Å². The summed E-state index contributed by atoms with van der Waals surface area (Å²) < 4.78 is 0. The second-order valence-corrected chi connectivity index (χ2v) is 6.31. The summed E-state index contributed by atoms with van der Waals surface area (Å²) in [5.41, 5.74) is 10.1. The zero-order chi connectivity index (χ0) is 14.4. The molecule has 3 heteroatoms. The van der Waals surface area contributed by atoms with E-state index in [1.165, 1.54) is 16.7 Å². The first-order valence-corrected chi connectivity index (χ1v) is 8.39. The molecule has 0 bridgehead atoms. The Bertz CT molecular complexity index is 522. The number of aryl methyl sites for hydroxylation is 1. The van der Waals surface area contributed by atoms with Crippen LogP contribution in [0.5, 0.6) is 0 Å². The summed E-state index contributed by atoms with van der Waals surface area (Å²) in [6.45, 7) is 2.16. The van der Waals surface area contributed by atoms with Gasteiger partial charge in [-0.3, -0.25) is 0 Å². The van der Waals surface area contributed by atoms with Gasteiger partial charge in [-0.25, -0.2) is 0 Å². The number of thioether (sulfide) groups is 1. The maximum atomic E-state index is 6.23. The van der Waals surface area contributed by atoms with Crippen LogP contribution in [0.25, 0.3) is 0 Å². The lowest BCUT2D eigenvalue weighted by Gasteiger charge is -2.12. The molecule has 0 saturated heterocycles. The highest BCUT2D eigenvalue weighted by molar-refractivity contribution is 7.98. The highest BCUT2D eigenvalue weighted by Crippen LogP contribution is 2.21. The van der Waals surface area contributed by atoms with Gasteiger partial charge in [0.05, 0.1) is 0 Å². The Kier molecular flexibility index (Phi) is 5.96. The van der Waals surface area contributed by atoms with Gasteiger partial charge in [-0.1, -0.05) is 54.9 Å². The minimum atomic E-state index is 0.0956. The molecule has 0 radical (unpaired) electrons. The van der Waals surface area contributed by atoms with Gasteiger partial charge in [0, 0.05) is 22.6 Å². The molecule has 2 aromatic carbocycles. The van der Waals surface area contributed by atoms with Crippen molar-refractivity contribution < 1.29 is 0 Å². The molecule has 0 heterocycles. The molecule has 106 valence electrons. The number of benzene rings is 2. The van der Waals surface area contributed by atoms with Gasteiger partial charge in [-0.2, -0.15) is 11.8 Å². The summed E-state index contributed by atoms with van der Waals surface area (Å²) in [4.78, 5) is 0. The standard InChI is InChI=1S/C17H20ClNS/c1-2-13-3-7-15(8-4-13)17(19)12-20-11-14-5-9-16(18)10-6-14/h3-10,17H,2,11-12,19H2,1H3. The van der Waals surface area contributed by atoms with Gasteiger partial charge in [0.25, 0.3) is 0 Å². The first kappa shape index (κ1) is 15.4. The number of hydrogen-bond donors (Lipinski definition) is 1. The third-order valence-corrected chi connectivity index (χ3v) is 4.68. The minimum absolute atomic E-state index is 0.0956. The van der Waals surface area contributed by atoms with Crippen molar-refractivity contribution in [3.05, 3.63) is 70.2 Å².